The van der Waals surface area contributed by atoms with E-state index in [1.165, 1.54) is 18.9 Å². The van der Waals surface area contributed by atoms with Crippen molar-refractivity contribution in [3.63, 3.8) is 0 Å². The van der Waals surface area contributed by atoms with Crippen molar-refractivity contribution in [2.75, 3.05) is 13.2 Å². The molecule has 0 N–H and O–H groups in total. The van der Waals surface area contributed by atoms with E-state index in [0.717, 1.165) is 9.26 Å². The maximum Gasteiger partial charge on any atom is 0.343 e. The molecule has 1 aliphatic rings. The van der Waals surface area contributed by atoms with E-state index in [-0.39, 0.29) is 29.1 Å². The Balaban J connectivity index is 1.94. The summed E-state index contributed by atoms with van der Waals surface area (Å²) >= 11 is 8.51. The third-order valence-electron chi connectivity index (χ3n) is 5.35. The molecule has 31 heavy (non-hydrogen) atoms. The van der Waals surface area contributed by atoms with Gasteiger partial charge in [0.2, 0.25) is 0 Å². The molecule has 2 aromatic rings. The van der Waals surface area contributed by atoms with E-state index < -0.39 is 5.97 Å². The number of ether oxygens (including phenoxy) is 2. The SMILES string of the molecule is CCOC(=O)c1cn([C@@H](Cc2cc(OCC3CC3)c(Cl)nc2I)C(C)(C)C)ccc1=O. The Morgan fingerprint density at radius 1 is 1.39 bits per heavy atom. The minimum atomic E-state index is -0.604. The largest absolute Gasteiger partial charge is 0.490 e. The zero-order valence-electron chi connectivity index (χ0n) is 18.3. The summed E-state index contributed by atoms with van der Waals surface area (Å²) in [6.07, 6.45) is 6.35. The highest BCUT2D eigenvalue weighted by Crippen LogP contribution is 2.37. The summed E-state index contributed by atoms with van der Waals surface area (Å²) in [6, 6.07) is 3.34. The Morgan fingerprint density at radius 3 is 2.71 bits per heavy atom. The maximum atomic E-state index is 12.2. The first kappa shape index (κ1) is 24.0. The summed E-state index contributed by atoms with van der Waals surface area (Å²) in [5, 5.41) is 0.370. The molecule has 0 aromatic carbocycles. The van der Waals surface area contributed by atoms with Crippen LogP contribution in [0.5, 0.6) is 5.75 Å². The summed E-state index contributed by atoms with van der Waals surface area (Å²) in [5.74, 6) is 0.611. The Morgan fingerprint density at radius 2 is 2.10 bits per heavy atom. The monoisotopic (exact) mass is 558 g/mol. The number of halogens is 2. The van der Waals surface area contributed by atoms with Gasteiger partial charge in [-0.05, 0) is 71.7 Å². The number of aromatic nitrogens is 2. The molecule has 2 heterocycles. The van der Waals surface area contributed by atoms with Gasteiger partial charge in [-0.1, -0.05) is 32.4 Å². The minimum absolute atomic E-state index is 0.0379. The van der Waals surface area contributed by atoms with E-state index >= 15 is 0 Å². The van der Waals surface area contributed by atoms with Crippen molar-refractivity contribution in [1.29, 1.82) is 0 Å². The average Bonchev–Trinajstić information content (AvgIpc) is 3.51. The highest BCUT2D eigenvalue weighted by molar-refractivity contribution is 14.1. The number of rotatable bonds is 8. The second-order valence-corrected chi connectivity index (χ2v) is 10.3. The lowest BCUT2D eigenvalue weighted by molar-refractivity contribution is 0.0523. The number of esters is 1. The second kappa shape index (κ2) is 9.90. The van der Waals surface area contributed by atoms with Crippen molar-refractivity contribution >= 4 is 40.2 Å². The molecule has 3 rings (SSSR count). The van der Waals surface area contributed by atoms with Crippen molar-refractivity contribution in [3.8, 4) is 5.75 Å². The van der Waals surface area contributed by atoms with Gasteiger partial charge in [-0.2, -0.15) is 0 Å². The summed E-state index contributed by atoms with van der Waals surface area (Å²) in [6.45, 7) is 8.97. The molecule has 1 saturated carbocycles. The molecule has 8 heteroatoms. The van der Waals surface area contributed by atoms with E-state index in [1.807, 2.05) is 10.6 Å². The lowest BCUT2D eigenvalue weighted by atomic mass is 9.83. The Kier molecular flexibility index (Phi) is 7.68. The quantitative estimate of drug-likeness (QED) is 0.250. The third kappa shape index (κ3) is 6.22. The number of hydrogen-bond acceptors (Lipinski definition) is 5. The summed E-state index contributed by atoms with van der Waals surface area (Å²) < 4.78 is 13.7. The van der Waals surface area contributed by atoms with Crippen LogP contribution in [-0.2, 0) is 11.2 Å². The Bertz CT molecular complexity index is 1010. The lowest BCUT2D eigenvalue weighted by Gasteiger charge is -2.33. The molecule has 0 radical (unpaired) electrons. The summed E-state index contributed by atoms with van der Waals surface area (Å²) in [5.41, 5.74) is 0.530. The fraction of sp³-hybridized carbons (Fsp3) is 0.522. The molecule has 1 atom stereocenters. The van der Waals surface area contributed by atoms with Crippen LogP contribution in [0, 0.1) is 15.0 Å². The van der Waals surface area contributed by atoms with Gasteiger partial charge in [0.25, 0.3) is 0 Å². The molecular weight excluding hydrogens is 531 g/mol. The van der Waals surface area contributed by atoms with Gasteiger partial charge in [-0.25, -0.2) is 9.78 Å². The predicted octanol–water partition coefficient (Wildman–Crippen LogP) is 5.30. The van der Waals surface area contributed by atoms with Crippen LogP contribution < -0.4 is 10.2 Å². The summed E-state index contributed by atoms with van der Waals surface area (Å²) in [7, 11) is 0. The standard InChI is InChI=1S/C23H28ClIN2O4/c1-5-30-22(29)16-12-27(9-8-17(16)28)19(23(2,3)4)11-15-10-18(20(24)26-21(15)25)31-13-14-6-7-14/h8-10,12,14,19H,5-7,11,13H2,1-4H3/t19-/m0/s1. The first-order chi connectivity index (χ1) is 14.6. The van der Waals surface area contributed by atoms with Gasteiger partial charge in [-0.3, -0.25) is 4.79 Å². The normalized spacial score (nSPS) is 14.9. The molecule has 0 saturated heterocycles. The molecular formula is C23H28ClIN2O4. The molecule has 2 aromatic heterocycles. The van der Waals surface area contributed by atoms with Gasteiger partial charge < -0.3 is 14.0 Å². The van der Waals surface area contributed by atoms with Crippen molar-refractivity contribution in [1.82, 2.24) is 9.55 Å². The molecule has 0 amide bonds. The van der Waals surface area contributed by atoms with Gasteiger partial charge in [-0.15, -0.1) is 0 Å². The number of pyridine rings is 2. The molecule has 0 bridgehead atoms. The molecule has 6 nitrogen and oxygen atoms in total. The first-order valence-corrected chi connectivity index (χ1v) is 11.9. The summed E-state index contributed by atoms with van der Waals surface area (Å²) in [4.78, 5) is 28.9. The lowest BCUT2D eigenvalue weighted by Crippen LogP contribution is -2.29. The van der Waals surface area contributed by atoms with Crippen LogP contribution >= 0.6 is 34.2 Å². The fourth-order valence-corrected chi connectivity index (χ4v) is 4.30. The van der Waals surface area contributed by atoms with Crippen LogP contribution in [0.2, 0.25) is 5.15 Å². The molecule has 1 aliphatic carbocycles. The van der Waals surface area contributed by atoms with Crippen molar-refractivity contribution < 1.29 is 14.3 Å². The molecule has 168 valence electrons. The number of carbonyl (C=O) groups is 1. The zero-order valence-corrected chi connectivity index (χ0v) is 21.2. The van der Waals surface area contributed by atoms with Crippen LogP contribution in [0.3, 0.4) is 0 Å². The van der Waals surface area contributed by atoms with Gasteiger partial charge in [0, 0.05) is 24.5 Å². The third-order valence-corrected chi connectivity index (χ3v) is 6.56. The average molecular weight is 559 g/mol. The van der Waals surface area contributed by atoms with E-state index in [1.54, 1.807) is 19.3 Å². The van der Waals surface area contributed by atoms with Crippen LogP contribution in [0.25, 0.3) is 0 Å². The van der Waals surface area contributed by atoms with Crippen molar-refractivity contribution in [2.24, 2.45) is 11.3 Å². The Hall–Kier alpha value is -1.61. The van der Waals surface area contributed by atoms with Crippen LogP contribution in [0.1, 0.15) is 62.5 Å². The smallest absolute Gasteiger partial charge is 0.343 e. The highest BCUT2D eigenvalue weighted by Gasteiger charge is 2.29. The molecule has 0 unspecified atom stereocenters. The van der Waals surface area contributed by atoms with Gasteiger partial charge >= 0.3 is 5.97 Å². The van der Waals surface area contributed by atoms with Crippen molar-refractivity contribution in [3.05, 3.63) is 54.7 Å². The fourth-order valence-electron chi connectivity index (χ4n) is 3.35. The van der Waals surface area contributed by atoms with Crippen LogP contribution in [0.4, 0.5) is 0 Å². The van der Waals surface area contributed by atoms with E-state index in [4.69, 9.17) is 21.1 Å². The number of nitrogens with zero attached hydrogens (tertiary/aromatic N) is 2. The van der Waals surface area contributed by atoms with Crippen LogP contribution in [-0.4, -0.2) is 28.7 Å². The molecule has 0 aliphatic heterocycles. The van der Waals surface area contributed by atoms with E-state index in [9.17, 15) is 9.59 Å². The van der Waals surface area contributed by atoms with Gasteiger partial charge in [0.15, 0.2) is 16.3 Å². The van der Waals surface area contributed by atoms with Gasteiger partial charge in [0.05, 0.1) is 13.2 Å². The number of hydrogen-bond donors (Lipinski definition) is 0. The Labute approximate surface area is 201 Å². The first-order valence-electron chi connectivity index (χ1n) is 10.5. The van der Waals surface area contributed by atoms with E-state index in [2.05, 4.69) is 48.3 Å². The number of carbonyl (C=O) groups excluding carboxylic acids is 1. The van der Waals surface area contributed by atoms with Crippen LogP contribution in [0.15, 0.2) is 29.3 Å². The maximum absolute atomic E-state index is 12.2. The van der Waals surface area contributed by atoms with Crippen molar-refractivity contribution in [2.45, 2.75) is 53.0 Å². The topological polar surface area (TPSA) is 70.4 Å². The molecule has 1 fully saturated rings. The van der Waals surface area contributed by atoms with E-state index in [0.29, 0.717) is 29.8 Å². The highest BCUT2D eigenvalue weighted by atomic mass is 127. The zero-order chi connectivity index (χ0) is 22.8. The van der Waals surface area contributed by atoms with Gasteiger partial charge in [0.1, 0.15) is 9.26 Å². The predicted molar refractivity (Wildman–Crippen MR) is 129 cm³/mol. The molecule has 0 spiro atoms. The minimum Gasteiger partial charge on any atom is -0.490 e. The second-order valence-electron chi connectivity index (χ2n) is 8.96.